The quantitative estimate of drug-likeness (QED) is 0.640. The lowest BCUT2D eigenvalue weighted by atomic mass is 9.81. The van der Waals surface area contributed by atoms with Crippen LogP contribution in [-0.2, 0) is 23.1 Å². The molecule has 2 aliphatic rings. The molecule has 0 saturated heterocycles. The van der Waals surface area contributed by atoms with Crippen molar-refractivity contribution in [2.45, 2.75) is 44.9 Å². The number of anilines is 1. The lowest BCUT2D eigenvalue weighted by Gasteiger charge is -2.19. The molecule has 1 atom stereocenters. The molecule has 3 N–H and O–H groups in total. The number of hydrogen-bond donors (Lipinski definition) is 3. The predicted octanol–water partition coefficient (Wildman–Crippen LogP) is 3.67. The molecule has 1 aliphatic heterocycles. The van der Waals surface area contributed by atoms with Crippen molar-refractivity contribution in [1.29, 1.82) is 0 Å². The topological polar surface area (TPSA) is 73.6 Å². The Morgan fingerprint density at radius 2 is 2.12 bits per heavy atom. The van der Waals surface area contributed by atoms with Crippen LogP contribution < -0.4 is 5.32 Å². The van der Waals surface area contributed by atoms with E-state index in [1.807, 2.05) is 13.1 Å². The van der Waals surface area contributed by atoms with Crippen LogP contribution in [0.5, 0.6) is 0 Å². The fraction of sp³-hybridized carbons (Fsp3) is 0.368. The zero-order valence-electron chi connectivity index (χ0n) is 13.9. The maximum Gasteiger partial charge on any atom is 0.234 e. The van der Waals surface area contributed by atoms with Crippen molar-refractivity contribution >= 4 is 22.5 Å². The highest BCUT2D eigenvalue weighted by atomic mass is 16.2. The van der Waals surface area contributed by atoms with Gasteiger partial charge in [-0.1, -0.05) is 6.92 Å². The summed E-state index contributed by atoms with van der Waals surface area (Å²) in [6.07, 6.45) is 5.93. The Morgan fingerprint density at radius 1 is 1.25 bits per heavy atom. The molecule has 0 spiro atoms. The minimum Gasteiger partial charge on any atom is -0.353 e. The van der Waals surface area contributed by atoms with E-state index in [0.717, 1.165) is 53.8 Å². The number of hydrogen-bond acceptors (Lipinski definition) is 2. The van der Waals surface area contributed by atoms with E-state index in [2.05, 4.69) is 39.6 Å². The number of H-pyrrole nitrogens is 2. The molecule has 5 nitrogen and oxygen atoms in total. The first-order valence-electron chi connectivity index (χ1n) is 8.65. The third-order valence-electron chi connectivity index (χ3n) is 5.94. The Morgan fingerprint density at radius 3 is 2.96 bits per heavy atom. The molecule has 0 radical (unpaired) electrons. The van der Waals surface area contributed by atoms with Crippen molar-refractivity contribution < 1.29 is 4.79 Å². The van der Waals surface area contributed by atoms with Crippen molar-refractivity contribution in [2.75, 3.05) is 5.32 Å². The van der Waals surface area contributed by atoms with Crippen LogP contribution in [0.3, 0.4) is 0 Å². The number of aryl methyl sites for hydroxylation is 2. The fourth-order valence-electron chi connectivity index (χ4n) is 4.24. The van der Waals surface area contributed by atoms with Crippen molar-refractivity contribution in [3.05, 3.63) is 35.0 Å². The molecule has 5 heteroatoms. The fourth-order valence-corrected chi connectivity index (χ4v) is 4.24. The minimum absolute atomic E-state index is 0.106. The van der Waals surface area contributed by atoms with Gasteiger partial charge in [-0.3, -0.25) is 9.89 Å². The maximum absolute atomic E-state index is 12.4. The second-order valence-corrected chi connectivity index (χ2v) is 7.19. The third-order valence-corrected chi connectivity index (χ3v) is 5.94. The molecule has 0 bridgehead atoms. The molecule has 1 amide bonds. The molecule has 2 aromatic heterocycles. The van der Waals surface area contributed by atoms with E-state index in [-0.39, 0.29) is 5.91 Å². The van der Waals surface area contributed by atoms with Crippen molar-refractivity contribution in [3.63, 3.8) is 0 Å². The molecule has 24 heavy (non-hydrogen) atoms. The van der Waals surface area contributed by atoms with Gasteiger partial charge in [0.05, 0.1) is 23.0 Å². The molecular weight excluding hydrogens is 300 g/mol. The average molecular weight is 320 g/mol. The average Bonchev–Trinajstić information content (AvgIpc) is 3.20. The number of aromatic nitrogens is 3. The molecular formula is C19H20N4O. The standard InChI is InChI=1S/C19H20N4O/c1-3-19(2)13-8-14-12(7-15(13)22-18(19)24)11-6-4-5-10-9-20-23-16(10)17(11)21-14/h7-9,21H,3-6H2,1-2H3,(H,20,23)(H,22,24). The number of fused-ring (bicyclic) bond motifs is 6. The zero-order valence-corrected chi connectivity index (χ0v) is 13.9. The molecule has 3 heterocycles. The summed E-state index contributed by atoms with van der Waals surface area (Å²) in [4.78, 5) is 16.0. The van der Waals surface area contributed by atoms with Gasteiger partial charge < -0.3 is 10.3 Å². The lowest BCUT2D eigenvalue weighted by Crippen LogP contribution is -2.29. The number of carbonyl (C=O) groups is 1. The number of nitrogens with zero attached hydrogens (tertiary/aromatic N) is 1. The van der Waals surface area contributed by atoms with Gasteiger partial charge in [0.25, 0.3) is 0 Å². The summed E-state index contributed by atoms with van der Waals surface area (Å²) in [5.41, 5.74) is 7.61. The monoisotopic (exact) mass is 320 g/mol. The highest BCUT2D eigenvalue weighted by Crippen LogP contribution is 2.44. The van der Waals surface area contributed by atoms with E-state index in [1.165, 1.54) is 16.5 Å². The van der Waals surface area contributed by atoms with E-state index in [4.69, 9.17) is 0 Å². The summed E-state index contributed by atoms with van der Waals surface area (Å²) >= 11 is 0. The second-order valence-electron chi connectivity index (χ2n) is 7.19. The maximum atomic E-state index is 12.4. The van der Waals surface area contributed by atoms with Crippen LogP contribution in [0.4, 0.5) is 5.69 Å². The summed E-state index contributed by atoms with van der Waals surface area (Å²) in [6.45, 7) is 4.10. The van der Waals surface area contributed by atoms with E-state index < -0.39 is 5.41 Å². The first-order valence-corrected chi connectivity index (χ1v) is 8.65. The smallest absolute Gasteiger partial charge is 0.234 e. The molecule has 0 fully saturated rings. The van der Waals surface area contributed by atoms with Gasteiger partial charge in [0.1, 0.15) is 0 Å². The predicted molar refractivity (Wildman–Crippen MR) is 94.2 cm³/mol. The number of amides is 1. The zero-order chi connectivity index (χ0) is 16.5. The number of carbonyl (C=O) groups excluding carboxylic acids is 1. The van der Waals surface area contributed by atoms with Gasteiger partial charge in [-0.2, -0.15) is 5.10 Å². The van der Waals surface area contributed by atoms with E-state index >= 15 is 0 Å². The lowest BCUT2D eigenvalue weighted by molar-refractivity contribution is -0.120. The number of nitrogens with one attached hydrogen (secondary N) is 3. The van der Waals surface area contributed by atoms with Crippen LogP contribution in [0.25, 0.3) is 22.3 Å². The Balaban J connectivity index is 1.79. The summed E-state index contributed by atoms with van der Waals surface area (Å²) < 4.78 is 0. The van der Waals surface area contributed by atoms with Crippen LogP contribution in [-0.4, -0.2) is 21.1 Å². The molecule has 5 rings (SSSR count). The first kappa shape index (κ1) is 13.8. The van der Waals surface area contributed by atoms with Crippen LogP contribution >= 0.6 is 0 Å². The van der Waals surface area contributed by atoms with E-state index in [9.17, 15) is 4.79 Å². The van der Waals surface area contributed by atoms with Crippen LogP contribution in [0.15, 0.2) is 18.3 Å². The van der Waals surface area contributed by atoms with Crippen LogP contribution in [0, 0.1) is 0 Å². The second kappa shape index (κ2) is 4.50. The number of benzene rings is 1. The highest BCUT2D eigenvalue weighted by Gasteiger charge is 2.41. The largest absolute Gasteiger partial charge is 0.353 e. The molecule has 0 saturated carbocycles. The molecule has 122 valence electrons. The Kier molecular flexibility index (Phi) is 2.59. The summed E-state index contributed by atoms with van der Waals surface area (Å²) in [5.74, 6) is 0.106. The number of aromatic amines is 2. The van der Waals surface area contributed by atoms with Gasteiger partial charge in [-0.25, -0.2) is 0 Å². The molecule has 1 aliphatic carbocycles. The van der Waals surface area contributed by atoms with Gasteiger partial charge in [-0.05, 0) is 61.4 Å². The van der Waals surface area contributed by atoms with Gasteiger partial charge in [0.2, 0.25) is 5.91 Å². The third kappa shape index (κ3) is 1.59. The molecule has 3 aromatic rings. The van der Waals surface area contributed by atoms with Crippen molar-refractivity contribution in [1.82, 2.24) is 15.2 Å². The van der Waals surface area contributed by atoms with Gasteiger partial charge in [-0.15, -0.1) is 0 Å². The summed E-state index contributed by atoms with van der Waals surface area (Å²) in [7, 11) is 0. The summed E-state index contributed by atoms with van der Waals surface area (Å²) in [6, 6.07) is 4.32. The molecule has 1 aromatic carbocycles. The normalized spacial score (nSPS) is 22.0. The minimum atomic E-state index is -0.439. The summed E-state index contributed by atoms with van der Waals surface area (Å²) in [5, 5.41) is 11.7. The van der Waals surface area contributed by atoms with Crippen LogP contribution in [0.2, 0.25) is 0 Å². The molecule has 1 unspecified atom stereocenters. The van der Waals surface area contributed by atoms with E-state index in [1.54, 1.807) is 0 Å². The Hall–Kier alpha value is -2.56. The highest BCUT2D eigenvalue weighted by molar-refractivity contribution is 6.09. The Labute approximate surface area is 139 Å². The number of rotatable bonds is 1. The van der Waals surface area contributed by atoms with Gasteiger partial charge >= 0.3 is 0 Å². The van der Waals surface area contributed by atoms with Crippen molar-refractivity contribution in [2.24, 2.45) is 0 Å². The van der Waals surface area contributed by atoms with Gasteiger partial charge in [0.15, 0.2) is 0 Å². The van der Waals surface area contributed by atoms with Crippen molar-refractivity contribution in [3.8, 4) is 11.4 Å². The first-order chi connectivity index (χ1) is 11.6. The van der Waals surface area contributed by atoms with Crippen LogP contribution in [0.1, 0.15) is 43.4 Å². The van der Waals surface area contributed by atoms with Gasteiger partial charge in [0, 0.05) is 16.6 Å². The Bertz CT molecular complexity index is 996. The SMILES string of the molecule is CCC1(C)C(=O)Nc2cc3c4c([nH]c3cc21)-c1[nH]ncc1CCC4. The van der Waals surface area contributed by atoms with E-state index in [0.29, 0.717) is 0 Å².